The molecule has 0 atom stereocenters. The van der Waals surface area contributed by atoms with E-state index < -0.39 is 5.97 Å². The highest BCUT2D eigenvalue weighted by Crippen LogP contribution is 2.34. The molecule has 0 unspecified atom stereocenters. The molecular formula is C15H16Cl2N2O3S. The van der Waals surface area contributed by atoms with Crippen molar-refractivity contribution in [3.63, 3.8) is 0 Å². The van der Waals surface area contributed by atoms with Gasteiger partial charge in [0.2, 0.25) is 0 Å². The summed E-state index contributed by atoms with van der Waals surface area (Å²) < 4.78 is 5.35. The average molecular weight is 375 g/mol. The van der Waals surface area contributed by atoms with Crippen molar-refractivity contribution in [1.82, 2.24) is 4.98 Å². The summed E-state index contributed by atoms with van der Waals surface area (Å²) in [7, 11) is 0. The molecule has 23 heavy (non-hydrogen) atoms. The Kier molecular flexibility index (Phi) is 6.24. The molecule has 1 N–H and O–H groups in total. The van der Waals surface area contributed by atoms with Crippen LogP contribution in [-0.2, 0) is 16.0 Å². The van der Waals surface area contributed by atoms with Crippen LogP contribution in [-0.4, -0.2) is 42.4 Å². The van der Waals surface area contributed by atoms with Gasteiger partial charge in [-0.3, -0.25) is 4.79 Å². The first-order chi connectivity index (χ1) is 10.6. The first kappa shape index (κ1) is 18.0. The van der Waals surface area contributed by atoms with Gasteiger partial charge in [-0.15, -0.1) is 23.7 Å². The van der Waals surface area contributed by atoms with Crippen LogP contribution < -0.4 is 4.90 Å². The molecule has 1 aromatic heterocycles. The molecule has 0 bridgehead atoms. The highest BCUT2D eigenvalue weighted by molar-refractivity contribution is 7.16. The molecule has 0 saturated carbocycles. The Morgan fingerprint density at radius 3 is 2.57 bits per heavy atom. The molecule has 5 nitrogen and oxygen atoms in total. The zero-order valence-electron chi connectivity index (χ0n) is 12.2. The Labute approximate surface area is 149 Å². The lowest BCUT2D eigenvalue weighted by atomic mass is 10.1. The van der Waals surface area contributed by atoms with Crippen LogP contribution >= 0.6 is 35.3 Å². The van der Waals surface area contributed by atoms with Crippen LogP contribution in [0.3, 0.4) is 0 Å². The minimum absolute atomic E-state index is 0. The molecule has 1 aliphatic heterocycles. The van der Waals surface area contributed by atoms with E-state index in [0.717, 1.165) is 34.4 Å². The molecule has 0 aliphatic carbocycles. The summed E-state index contributed by atoms with van der Waals surface area (Å²) in [4.78, 5) is 18.7. The van der Waals surface area contributed by atoms with E-state index in [-0.39, 0.29) is 18.8 Å². The van der Waals surface area contributed by atoms with Gasteiger partial charge >= 0.3 is 5.97 Å². The number of nitrogens with zero attached hydrogens (tertiary/aromatic N) is 2. The van der Waals surface area contributed by atoms with E-state index >= 15 is 0 Å². The van der Waals surface area contributed by atoms with Gasteiger partial charge in [-0.2, -0.15) is 0 Å². The van der Waals surface area contributed by atoms with Gasteiger partial charge in [-0.1, -0.05) is 23.7 Å². The van der Waals surface area contributed by atoms with Gasteiger partial charge in [0.1, 0.15) is 0 Å². The van der Waals surface area contributed by atoms with Gasteiger partial charge in [0.05, 0.1) is 25.3 Å². The van der Waals surface area contributed by atoms with E-state index in [1.165, 1.54) is 11.3 Å². The van der Waals surface area contributed by atoms with Crippen molar-refractivity contribution in [2.75, 3.05) is 31.2 Å². The van der Waals surface area contributed by atoms with E-state index in [9.17, 15) is 4.79 Å². The monoisotopic (exact) mass is 374 g/mol. The lowest BCUT2D eigenvalue weighted by molar-refractivity contribution is -0.136. The van der Waals surface area contributed by atoms with Crippen molar-refractivity contribution in [3.8, 4) is 11.3 Å². The molecule has 0 spiro atoms. The van der Waals surface area contributed by atoms with Crippen molar-refractivity contribution in [3.05, 3.63) is 34.2 Å². The van der Waals surface area contributed by atoms with Crippen LogP contribution in [0, 0.1) is 0 Å². The largest absolute Gasteiger partial charge is 0.481 e. The lowest BCUT2D eigenvalue weighted by Gasteiger charge is -2.26. The number of hydrogen-bond donors (Lipinski definition) is 1. The Hall–Kier alpha value is -1.34. The molecule has 1 aliphatic rings. The number of halogens is 2. The molecule has 2 aromatic rings. The highest BCUT2D eigenvalue weighted by atomic mass is 35.5. The third-order valence-corrected chi connectivity index (χ3v) is 4.77. The van der Waals surface area contributed by atoms with E-state index in [2.05, 4.69) is 9.88 Å². The fourth-order valence-electron chi connectivity index (χ4n) is 2.32. The van der Waals surface area contributed by atoms with E-state index in [4.69, 9.17) is 21.4 Å². The number of carboxylic acids is 1. The number of aliphatic carboxylic acids is 1. The zero-order chi connectivity index (χ0) is 15.5. The minimum Gasteiger partial charge on any atom is -0.481 e. The Morgan fingerprint density at radius 1 is 1.30 bits per heavy atom. The number of thiazole rings is 1. The molecule has 1 aromatic carbocycles. The Balaban J connectivity index is 0.00000192. The van der Waals surface area contributed by atoms with Crippen molar-refractivity contribution < 1.29 is 14.6 Å². The normalized spacial score (nSPS) is 14.4. The van der Waals surface area contributed by atoms with E-state index in [1.807, 2.05) is 12.1 Å². The zero-order valence-corrected chi connectivity index (χ0v) is 14.6. The first-order valence-electron chi connectivity index (χ1n) is 6.93. The van der Waals surface area contributed by atoms with Gasteiger partial charge in [0.25, 0.3) is 0 Å². The van der Waals surface area contributed by atoms with Crippen LogP contribution in [0.4, 0.5) is 5.13 Å². The number of hydrogen-bond acceptors (Lipinski definition) is 5. The third kappa shape index (κ3) is 4.35. The summed E-state index contributed by atoms with van der Waals surface area (Å²) in [5.74, 6) is -0.854. The summed E-state index contributed by atoms with van der Waals surface area (Å²) in [5.41, 5.74) is 1.61. The number of carboxylic acid groups (broad SMARTS) is 1. The van der Waals surface area contributed by atoms with Gasteiger partial charge in [-0.05, 0) is 12.1 Å². The van der Waals surface area contributed by atoms with Crippen LogP contribution in [0.1, 0.15) is 4.88 Å². The maximum absolute atomic E-state index is 11.1. The minimum atomic E-state index is -0.854. The number of aromatic nitrogens is 1. The topological polar surface area (TPSA) is 62.7 Å². The van der Waals surface area contributed by atoms with Crippen LogP contribution in [0.25, 0.3) is 11.3 Å². The number of anilines is 1. The summed E-state index contributed by atoms with van der Waals surface area (Å²) in [6.45, 7) is 2.90. The van der Waals surface area contributed by atoms with Gasteiger partial charge in [0, 0.05) is 28.6 Å². The van der Waals surface area contributed by atoms with Crippen molar-refractivity contribution in [2.24, 2.45) is 0 Å². The highest BCUT2D eigenvalue weighted by Gasteiger charge is 2.20. The molecule has 3 rings (SSSR count). The fourth-order valence-corrected chi connectivity index (χ4v) is 3.57. The van der Waals surface area contributed by atoms with E-state index in [0.29, 0.717) is 18.2 Å². The SMILES string of the molecule is Cl.O=C(O)Cc1sc(N2CCOCC2)nc1-c1ccc(Cl)cc1. The molecule has 8 heteroatoms. The molecule has 0 radical (unpaired) electrons. The molecule has 124 valence electrons. The van der Waals surface area contributed by atoms with Crippen molar-refractivity contribution >= 4 is 46.4 Å². The maximum Gasteiger partial charge on any atom is 0.308 e. The van der Waals surface area contributed by atoms with E-state index in [1.54, 1.807) is 12.1 Å². The number of morpholine rings is 1. The average Bonchev–Trinajstić information content (AvgIpc) is 2.92. The fraction of sp³-hybridized carbons (Fsp3) is 0.333. The standard InChI is InChI=1S/C15H15ClN2O3S.ClH/c16-11-3-1-10(2-4-11)14-12(9-13(19)20)22-15(17-14)18-5-7-21-8-6-18;/h1-4H,5-9H2,(H,19,20);1H. The summed E-state index contributed by atoms with van der Waals surface area (Å²) in [6, 6.07) is 7.31. The van der Waals surface area contributed by atoms with Crippen molar-refractivity contribution in [2.45, 2.75) is 6.42 Å². The number of carbonyl (C=O) groups is 1. The summed E-state index contributed by atoms with van der Waals surface area (Å²) in [5, 5.41) is 10.6. The third-order valence-electron chi connectivity index (χ3n) is 3.40. The maximum atomic E-state index is 11.1. The molecular weight excluding hydrogens is 359 g/mol. The smallest absolute Gasteiger partial charge is 0.308 e. The van der Waals surface area contributed by atoms with Crippen molar-refractivity contribution in [1.29, 1.82) is 0 Å². The number of benzene rings is 1. The number of rotatable bonds is 4. The second kappa shape index (κ2) is 7.97. The second-order valence-corrected chi connectivity index (χ2v) is 6.44. The van der Waals surface area contributed by atoms with Gasteiger partial charge in [-0.25, -0.2) is 4.98 Å². The molecule has 1 fully saturated rings. The predicted octanol–water partition coefficient (Wildman–Crippen LogP) is 3.35. The van der Waals surface area contributed by atoms with Crippen LogP contribution in [0.15, 0.2) is 24.3 Å². The summed E-state index contributed by atoms with van der Waals surface area (Å²) >= 11 is 7.35. The second-order valence-electron chi connectivity index (χ2n) is 4.95. The molecule has 0 amide bonds. The van der Waals surface area contributed by atoms with Crippen LogP contribution in [0.5, 0.6) is 0 Å². The summed E-state index contributed by atoms with van der Waals surface area (Å²) in [6.07, 6.45) is -0.0278. The molecule has 1 saturated heterocycles. The quantitative estimate of drug-likeness (QED) is 0.888. The van der Waals surface area contributed by atoms with Gasteiger partial charge < -0.3 is 14.7 Å². The number of ether oxygens (including phenoxy) is 1. The predicted molar refractivity (Wildman–Crippen MR) is 94.2 cm³/mol. The Morgan fingerprint density at radius 2 is 1.96 bits per heavy atom. The van der Waals surface area contributed by atoms with Crippen LogP contribution in [0.2, 0.25) is 5.02 Å². The molecule has 2 heterocycles. The Bertz CT molecular complexity index is 670. The first-order valence-corrected chi connectivity index (χ1v) is 8.13. The van der Waals surface area contributed by atoms with Gasteiger partial charge in [0.15, 0.2) is 5.13 Å². The lowest BCUT2D eigenvalue weighted by Crippen LogP contribution is -2.36.